The quantitative estimate of drug-likeness (QED) is 0.798. The lowest BCUT2D eigenvalue weighted by molar-refractivity contribution is 0.480. The second-order valence-electron chi connectivity index (χ2n) is 4.59. The Hall–Kier alpha value is -2.67. The van der Waals surface area contributed by atoms with Gasteiger partial charge >= 0.3 is 0 Å². The number of aryl methyl sites for hydroxylation is 1. The predicted octanol–water partition coefficient (Wildman–Crippen LogP) is 3.88. The molecule has 0 unspecified atom stereocenters. The van der Waals surface area contributed by atoms with Crippen LogP contribution in [-0.2, 0) is 0 Å². The van der Waals surface area contributed by atoms with Crippen molar-refractivity contribution in [1.29, 1.82) is 5.26 Å². The van der Waals surface area contributed by atoms with Crippen LogP contribution in [0.4, 0.5) is 0 Å². The molecule has 0 N–H and O–H groups in total. The van der Waals surface area contributed by atoms with Crippen molar-refractivity contribution in [2.45, 2.75) is 20.3 Å². The van der Waals surface area contributed by atoms with Gasteiger partial charge in [-0.3, -0.25) is 9.98 Å². The van der Waals surface area contributed by atoms with Crippen LogP contribution in [0.1, 0.15) is 30.0 Å². The fraction of sp³-hybridized carbons (Fsp3) is 0.235. The van der Waals surface area contributed by atoms with Crippen molar-refractivity contribution < 1.29 is 4.74 Å². The minimum atomic E-state index is 0.416. The van der Waals surface area contributed by atoms with Crippen LogP contribution in [0.15, 0.2) is 41.7 Å². The zero-order chi connectivity index (χ0) is 15.2. The van der Waals surface area contributed by atoms with E-state index in [1.54, 1.807) is 19.3 Å². The molecule has 0 aliphatic carbocycles. The number of aromatic nitrogens is 1. The summed E-state index contributed by atoms with van der Waals surface area (Å²) in [4.78, 5) is 8.24. The first-order chi connectivity index (χ1) is 10.2. The molecule has 0 spiro atoms. The van der Waals surface area contributed by atoms with E-state index in [1.807, 2.05) is 25.1 Å². The van der Waals surface area contributed by atoms with Gasteiger partial charge in [-0.15, -0.1) is 0 Å². The Labute approximate surface area is 124 Å². The maximum Gasteiger partial charge on any atom is 0.148 e. The predicted molar refractivity (Wildman–Crippen MR) is 83.0 cm³/mol. The standard InChI is InChI=1S/C17H17N3O/c1-4-16(19-3)15-9-14(6-5-12(15)2)21-17-7-8-20-11-13(17)10-18/h5-9,11H,4H2,1-3H3. The van der Waals surface area contributed by atoms with Crippen LogP contribution in [-0.4, -0.2) is 17.7 Å². The lowest BCUT2D eigenvalue weighted by Crippen LogP contribution is -2.02. The molecular formula is C17H17N3O. The highest BCUT2D eigenvalue weighted by Gasteiger charge is 2.09. The van der Waals surface area contributed by atoms with Crippen molar-refractivity contribution in [3.8, 4) is 17.6 Å². The number of pyridine rings is 1. The third-order valence-electron chi connectivity index (χ3n) is 3.25. The molecule has 2 aromatic rings. The number of nitrogens with zero attached hydrogens (tertiary/aromatic N) is 3. The van der Waals surface area contributed by atoms with Gasteiger partial charge in [0, 0.05) is 36.8 Å². The summed E-state index contributed by atoms with van der Waals surface area (Å²) in [5.41, 5.74) is 3.68. The largest absolute Gasteiger partial charge is 0.456 e. The van der Waals surface area contributed by atoms with Gasteiger partial charge in [-0.05, 0) is 31.0 Å². The zero-order valence-corrected chi connectivity index (χ0v) is 12.4. The second-order valence-corrected chi connectivity index (χ2v) is 4.59. The first-order valence-corrected chi connectivity index (χ1v) is 6.78. The van der Waals surface area contributed by atoms with Crippen LogP contribution in [0.3, 0.4) is 0 Å². The normalized spacial score (nSPS) is 11.0. The van der Waals surface area contributed by atoms with Gasteiger partial charge < -0.3 is 4.74 Å². The molecule has 4 heteroatoms. The van der Waals surface area contributed by atoms with E-state index in [-0.39, 0.29) is 0 Å². The Morgan fingerprint density at radius 2 is 2.19 bits per heavy atom. The highest BCUT2D eigenvalue weighted by atomic mass is 16.5. The van der Waals surface area contributed by atoms with Crippen molar-refractivity contribution in [3.63, 3.8) is 0 Å². The molecule has 0 radical (unpaired) electrons. The van der Waals surface area contributed by atoms with Gasteiger partial charge in [0.2, 0.25) is 0 Å². The van der Waals surface area contributed by atoms with E-state index in [0.29, 0.717) is 17.1 Å². The highest BCUT2D eigenvalue weighted by molar-refractivity contribution is 6.01. The summed E-state index contributed by atoms with van der Waals surface area (Å²) in [5, 5.41) is 9.07. The Kier molecular flexibility index (Phi) is 4.68. The number of hydrogen-bond donors (Lipinski definition) is 0. The molecule has 0 bridgehead atoms. The summed E-state index contributed by atoms with van der Waals surface area (Å²) in [6, 6.07) is 9.61. The molecule has 0 atom stereocenters. The van der Waals surface area contributed by atoms with Crippen LogP contribution >= 0.6 is 0 Å². The summed E-state index contributed by atoms with van der Waals surface area (Å²) in [6.07, 6.45) is 3.96. The molecule has 1 aromatic heterocycles. The monoisotopic (exact) mass is 279 g/mol. The van der Waals surface area contributed by atoms with Crippen molar-refractivity contribution in [2.24, 2.45) is 4.99 Å². The van der Waals surface area contributed by atoms with Crippen molar-refractivity contribution in [3.05, 3.63) is 53.3 Å². The van der Waals surface area contributed by atoms with Gasteiger partial charge in [-0.2, -0.15) is 5.26 Å². The molecule has 0 fully saturated rings. The van der Waals surface area contributed by atoms with Gasteiger partial charge in [-0.25, -0.2) is 0 Å². The molecule has 0 amide bonds. The summed E-state index contributed by atoms with van der Waals surface area (Å²) in [7, 11) is 1.79. The summed E-state index contributed by atoms with van der Waals surface area (Å²) in [6.45, 7) is 4.12. The van der Waals surface area contributed by atoms with Gasteiger partial charge in [0.1, 0.15) is 23.1 Å². The topological polar surface area (TPSA) is 58.3 Å². The Morgan fingerprint density at radius 1 is 1.38 bits per heavy atom. The number of benzene rings is 1. The lowest BCUT2D eigenvalue weighted by atomic mass is 10.0. The smallest absolute Gasteiger partial charge is 0.148 e. The molecular weight excluding hydrogens is 262 g/mol. The fourth-order valence-corrected chi connectivity index (χ4v) is 2.13. The lowest BCUT2D eigenvalue weighted by Gasteiger charge is -2.11. The van der Waals surface area contributed by atoms with Gasteiger partial charge in [0.25, 0.3) is 0 Å². The number of rotatable bonds is 4. The van der Waals surface area contributed by atoms with Crippen LogP contribution in [0.25, 0.3) is 0 Å². The Bertz CT molecular complexity index is 714. The van der Waals surface area contributed by atoms with E-state index in [9.17, 15) is 0 Å². The third-order valence-corrected chi connectivity index (χ3v) is 3.25. The number of aliphatic imine (C=N–C) groups is 1. The maximum atomic E-state index is 9.07. The summed E-state index contributed by atoms with van der Waals surface area (Å²) < 4.78 is 5.82. The molecule has 0 saturated carbocycles. The first-order valence-electron chi connectivity index (χ1n) is 6.78. The highest BCUT2D eigenvalue weighted by Crippen LogP contribution is 2.26. The minimum Gasteiger partial charge on any atom is -0.456 e. The Balaban J connectivity index is 2.38. The number of ether oxygens (including phenoxy) is 1. The van der Waals surface area contributed by atoms with Crippen LogP contribution in [0, 0.1) is 18.3 Å². The van der Waals surface area contributed by atoms with E-state index in [1.165, 1.54) is 6.20 Å². The average Bonchev–Trinajstić information content (AvgIpc) is 2.52. The molecule has 1 heterocycles. The molecule has 106 valence electrons. The second kappa shape index (κ2) is 6.67. The number of nitriles is 1. The molecule has 21 heavy (non-hydrogen) atoms. The SMILES string of the molecule is CCC(=NC)c1cc(Oc2ccncc2C#N)ccc1C. The Morgan fingerprint density at radius 3 is 2.86 bits per heavy atom. The minimum absolute atomic E-state index is 0.416. The zero-order valence-electron chi connectivity index (χ0n) is 12.4. The van der Waals surface area contributed by atoms with Crippen LogP contribution in [0.2, 0.25) is 0 Å². The van der Waals surface area contributed by atoms with E-state index >= 15 is 0 Å². The van der Waals surface area contributed by atoms with Crippen LogP contribution in [0.5, 0.6) is 11.5 Å². The maximum absolute atomic E-state index is 9.07. The van der Waals surface area contributed by atoms with Crippen molar-refractivity contribution in [2.75, 3.05) is 7.05 Å². The van der Waals surface area contributed by atoms with E-state index in [2.05, 4.69) is 23.0 Å². The van der Waals surface area contributed by atoms with Gasteiger partial charge in [0.15, 0.2) is 0 Å². The van der Waals surface area contributed by atoms with Crippen molar-refractivity contribution in [1.82, 2.24) is 4.98 Å². The summed E-state index contributed by atoms with van der Waals surface area (Å²) >= 11 is 0. The first kappa shape index (κ1) is 14.7. The van der Waals surface area contributed by atoms with Gasteiger partial charge in [0.05, 0.1) is 0 Å². The fourth-order valence-electron chi connectivity index (χ4n) is 2.13. The van der Waals surface area contributed by atoms with Crippen molar-refractivity contribution >= 4 is 5.71 Å². The van der Waals surface area contributed by atoms with Gasteiger partial charge in [-0.1, -0.05) is 13.0 Å². The number of hydrogen-bond acceptors (Lipinski definition) is 4. The van der Waals surface area contributed by atoms with Crippen LogP contribution < -0.4 is 4.74 Å². The van der Waals surface area contributed by atoms with E-state index in [0.717, 1.165) is 23.3 Å². The van der Waals surface area contributed by atoms with E-state index in [4.69, 9.17) is 10.00 Å². The molecule has 0 aliphatic rings. The average molecular weight is 279 g/mol. The third kappa shape index (κ3) is 3.26. The summed E-state index contributed by atoms with van der Waals surface area (Å²) in [5.74, 6) is 1.20. The molecule has 4 nitrogen and oxygen atoms in total. The van der Waals surface area contributed by atoms with E-state index < -0.39 is 0 Å². The molecule has 0 saturated heterocycles. The molecule has 1 aromatic carbocycles. The molecule has 2 rings (SSSR count). The molecule has 0 aliphatic heterocycles.